The Morgan fingerprint density at radius 3 is 1.91 bits per heavy atom. The van der Waals surface area contributed by atoms with Crippen LogP contribution in [-0.2, 0) is 20.6 Å². The summed E-state index contributed by atoms with van der Waals surface area (Å²) in [4.78, 5) is 57.5. The molecule has 0 amide bonds. The first-order valence-corrected chi connectivity index (χ1v) is 21.9. The van der Waals surface area contributed by atoms with Gasteiger partial charge in [-0.3, -0.25) is 29.0 Å². The van der Waals surface area contributed by atoms with E-state index < -0.39 is 48.7 Å². The van der Waals surface area contributed by atoms with E-state index in [1.54, 1.807) is 26.8 Å². The highest BCUT2D eigenvalue weighted by Gasteiger charge is 2.66. The zero-order valence-corrected chi connectivity index (χ0v) is 35.5. The van der Waals surface area contributed by atoms with Crippen molar-refractivity contribution >= 4 is 31.5 Å². The summed E-state index contributed by atoms with van der Waals surface area (Å²) in [7, 11) is 4.95. The topological polar surface area (TPSA) is 166 Å². The average Bonchev–Trinajstić information content (AvgIpc) is 3.73. The van der Waals surface area contributed by atoms with E-state index in [2.05, 4.69) is 44.2 Å². The van der Waals surface area contributed by atoms with Crippen LogP contribution in [0.25, 0.3) is 0 Å². The third kappa shape index (κ3) is 6.39. The molecule has 6 atom stereocenters. The molecule has 56 heavy (non-hydrogen) atoms. The molecule has 13 nitrogen and oxygen atoms in total. The maximum Gasteiger partial charge on any atom is 0.265 e. The molecule has 1 aromatic carbocycles. The van der Waals surface area contributed by atoms with Gasteiger partial charge in [0.1, 0.15) is 12.2 Å². The van der Waals surface area contributed by atoms with Crippen molar-refractivity contribution in [2.24, 2.45) is 11.8 Å². The SMILES string of the molecule is CC1=CC[C@H]2[C@H](N(C)C)c3onc(C)c3C(=O)[C@@]2(O)C1=O.CC1=CC[C@H]2[C@H](N(C)C)c3onc(OCc4ccccc4)c3C(=O)[C@@]2(O[Si](C)(C)C(C)(C)C)C1=O. The molecule has 7 rings (SSSR count). The van der Waals surface area contributed by atoms with E-state index in [0.717, 1.165) is 5.56 Å². The number of nitrogens with zero attached hydrogens (tertiary/aromatic N) is 4. The lowest BCUT2D eigenvalue weighted by Crippen LogP contribution is -2.66. The lowest BCUT2D eigenvalue weighted by Gasteiger charge is -2.52. The summed E-state index contributed by atoms with van der Waals surface area (Å²) < 4.78 is 24.0. The number of rotatable bonds is 7. The molecule has 4 aliphatic carbocycles. The molecule has 4 aliphatic rings. The van der Waals surface area contributed by atoms with Crippen LogP contribution in [0.5, 0.6) is 5.88 Å². The molecule has 3 aromatic rings. The van der Waals surface area contributed by atoms with Crippen molar-refractivity contribution in [3.8, 4) is 5.88 Å². The molecule has 14 heteroatoms. The van der Waals surface area contributed by atoms with Gasteiger partial charge in [0.25, 0.3) is 5.88 Å². The highest BCUT2D eigenvalue weighted by atomic mass is 28.4. The number of aliphatic hydroxyl groups is 1. The van der Waals surface area contributed by atoms with Crippen molar-refractivity contribution in [2.75, 3.05) is 28.2 Å². The van der Waals surface area contributed by atoms with Crippen LogP contribution >= 0.6 is 0 Å². The molecule has 0 bridgehead atoms. The molecule has 0 unspecified atom stereocenters. The van der Waals surface area contributed by atoms with Gasteiger partial charge in [-0.2, -0.15) is 0 Å². The Kier molecular flexibility index (Phi) is 10.7. The van der Waals surface area contributed by atoms with Crippen molar-refractivity contribution in [1.82, 2.24) is 20.1 Å². The van der Waals surface area contributed by atoms with Gasteiger partial charge >= 0.3 is 0 Å². The van der Waals surface area contributed by atoms with Gasteiger partial charge < -0.3 is 23.3 Å². The summed E-state index contributed by atoms with van der Waals surface area (Å²) in [5.41, 5.74) is -0.858. The number of hydrogen-bond acceptors (Lipinski definition) is 13. The zero-order valence-electron chi connectivity index (χ0n) is 34.5. The Bertz CT molecular complexity index is 2130. The highest BCUT2D eigenvalue weighted by Crippen LogP contribution is 2.55. The number of allylic oxidation sites excluding steroid dienone is 2. The monoisotopic (exact) mass is 786 g/mol. The van der Waals surface area contributed by atoms with Gasteiger partial charge in [-0.25, -0.2) is 0 Å². The zero-order chi connectivity index (χ0) is 41.3. The summed E-state index contributed by atoms with van der Waals surface area (Å²) in [6.45, 7) is 15.7. The van der Waals surface area contributed by atoms with Crippen LogP contribution < -0.4 is 4.74 Å². The second kappa shape index (κ2) is 14.5. The number of aryl methyl sites for hydroxylation is 1. The van der Waals surface area contributed by atoms with Crippen molar-refractivity contribution < 1.29 is 42.5 Å². The van der Waals surface area contributed by atoms with Crippen LogP contribution in [0.4, 0.5) is 0 Å². The number of ketones is 4. The number of hydrogen-bond donors (Lipinski definition) is 1. The minimum atomic E-state index is -2.56. The predicted octanol–water partition coefficient (Wildman–Crippen LogP) is 6.40. The van der Waals surface area contributed by atoms with Crippen LogP contribution in [0.3, 0.4) is 0 Å². The fourth-order valence-corrected chi connectivity index (χ4v) is 9.80. The standard InChI is InChI=1S/C27H36N2O5Si.C15H18N2O4/c1-17-14-15-19-21(29(5)6)22-20(25(28-33-22)32-16-18-12-10-9-11-13-18)24(31)27(19,23(17)30)34-35(7,8)26(2,3)4;1-7-5-6-9-11(17(3)4)12-10(8(2)16-21-12)14(19)15(9,20)13(7)18/h9-14,19,21H,15-16H2,1-8H3;5,9,11,20H,6H2,1-4H3/t19-,21-,27-;9-,11-,15-/m00/s1. The van der Waals surface area contributed by atoms with Gasteiger partial charge in [0.05, 0.1) is 23.3 Å². The summed E-state index contributed by atoms with van der Waals surface area (Å²) >= 11 is 0. The molecule has 2 aromatic heterocycles. The van der Waals surface area contributed by atoms with Gasteiger partial charge in [0, 0.05) is 11.8 Å². The summed E-state index contributed by atoms with van der Waals surface area (Å²) in [6.07, 6.45) is 4.67. The first kappa shape index (κ1) is 41.3. The molecule has 300 valence electrons. The summed E-state index contributed by atoms with van der Waals surface area (Å²) in [6, 6.07) is 8.92. The van der Waals surface area contributed by atoms with E-state index >= 15 is 0 Å². The van der Waals surface area contributed by atoms with Crippen molar-refractivity contribution in [3.63, 3.8) is 0 Å². The number of ether oxygens (including phenoxy) is 1. The molecular formula is C42H54N4O9Si. The number of fused-ring (bicyclic) bond motifs is 4. The lowest BCUT2D eigenvalue weighted by atomic mass is 9.63. The molecule has 0 radical (unpaired) electrons. The maximum absolute atomic E-state index is 14.4. The first-order chi connectivity index (χ1) is 26.1. The number of aromatic nitrogens is 2. The van der Waals surface area contributed by atoms with Crippen molar-refractivity contribution in [2.45, 2.75) is 102 Å². The molecule has 0 aliphatic heterocycles. The van der Waals surface area contributed by atoms with Crippen LogP contribution in [0.15, 0.2) is 62.7 Å². The van der Waals surface area contributed by atoms with E-state index in [4.69, 9.17) is 18.2 Å². The first-order valence-electron chi connectivity index (χ1n) is 19.0. The smallest absolute Gasteiger partial charge is 0.265 e. The molecule has 2 heterocycles. The average molecular weight is 787 g/mol. The quantitative estimate of drug-likeness (QED) is 0.207. The third-order valence-electron chi connectivity index (χ3n) is 12.4. The van der Waals surface area contributed by atoms with Crippen LogP contribution in [-0.4, -0.2) is 96.1 Å². The van der Waals surface area contributed by atoms with Gasteiger partial charge in [0.2, 0.25) is 11.6 Å². The molecule has 0 spiro atoms. The Balaban J connectivity index is 0.000000215. The fourth-order valence-electron chi connectivity index (χ4n) is 8.35. The lowest BCUT2D eigenvalue weighted by molar-refractivity contribution is -0.138. The van der Waals surface area contributed by atoms with Crippen LogP contribution in [0.1, 0.15) is 103 Å². The second-order valence-corrected chi connectivity index (χ2v) is 22.2. The summed E-state index contributed by atoms with van der Waals surface area (Å²) in [5.74, 6) is -1.77. The highest BCUT2D eigenvalue weighted by molar-refractivity contribution is 6.74. The van der Waals surface area contributed by atoms with Gasteiger partial charge in [-0.05, 0) is 102 Å². The minimum Gasteiger partial charge on any atom is -0.470 e. The molecule has 0 fully saturated rings. The van der Waals surface area contributed by atoms with Crippen LogP contribution in [0, 0.1) is 18.8 Å². The van der Waals surface area contributed by atoms with Crippen LogP contribution in [0.2, 0.25) is 18.1 Å². The fraction of sp³-hybridized carbons (Fsp3) is 0.524. The van der Waals surface area contributed by atoms with Gasteiger partial charge in [-0.15, -0.1) is 0 Å². The van der Waals surface area contributed by atoms with E-state index in [-0.39, 0.29) is 46.5 Å². The third-order valence-corrected chi connectivity index (χ3v) is 16.8. The molecule has 0 saturated heterocycles. The number of carbonyl (C=O) groups is 4. The molecule has 0 saturated carbocycles. The number of carbonyl (C=O) groups excluding carboxylic acids is 4. The normalized spacial score (nSPS) is 27.5. The Morgan fingerprint density at radius 1 is 0.786 bits per heavy atom. The van der Waals surface area contributed by atoms with Crippen molar-refractivity contribution in [3.05, 3.63) is 87.5 Å². The Labute approximate surface area is 329 Å². The van der Waals surface area contributed by atoms with E-state index in [1.807, 2.05) is 74.4 Å². The van der Waals surface area contributed by atoms with E-state index in [9.17, 15) is 24.3 Å². The maximum atomic E-state index is 14.4. The molecular weight excluding hydrogens is 733 g/mol. The van der Waals surface area contributed by atoms with Crippen molar-refractivity contribution in [1.29, 1.82) is 0 Å². The number of benzene rings is 1. The van der Waals surface area contributed by atoms with Gasteiger partial charge in [-0.1, -0.05) is 68.4 Å². The van der Waals surface area contributed by atoms with E-state index in [0.29, 0.717) is 41.2 Å². The Hall–Kier alpha value is -4.34. The second-order valence-electron chi connectivity index (χ2n) is 17.5. The minimum absolute atomic E-state index is 0.109. The Morgan fingerprint density at radius 2 is 1.32 bits per heavy atom. The number of Topliss-reactive ketones (excluding diaryl/α,β-unsaturated/α-hetero) is 4. The predicted molar refractivity (Wildman–Crippen MR) is 210 cm³/mol. The molecule has 1 N–H and O–H groups in total. The van der Waals surface area contributed by atoms with E-state index in [1.165, 1.54) is 0 Å². The van der Waals surface area contributed by atoms with Gasteiger partial charge in [0.15, 0.2) is 42.6 Å². The largest absolute Gasteiger partial charge is 0.470 e. The summed E-state index contributed by atoms with van der Waals surface area (Å²) in [5, 5.41) is 18.8.